The van der Waals surface area contributed by atoms with E-state index in [1.165, 1.54) is 29.9 Å². The van der Waals surface area contributed by atoms with Crippen LogP contribution >= 0.6 is 11.8 Å². The zero-order chi connectivity index (χ0) is 12.8. The van der Waals surface area contributed by atoms with Gasteiger partial charge in [-0.05, 0) is 42.9 Å². The van der Waals surface area contributed by atoms with Crippen LogP contribution in [0, 0.1) is 5.92 Å². The van der Waals surface area contributed by atoms with Crippen molar-refractivity contribution in [2.45, 2.75) is 25.8 Å². The number of benzene rings is 1. The van der Waals surface area contributed by atoms with Gasteiger partial charge in [0, 0.05) is 11.6 Å². The SMILES string of the molecule is CCCNC(c1ccccc1OC)C1CCSC1. The van der Waals surface area contributed by atoms with E-state index in [2.05, 4.69) is 42.2 Å². The maximum absolute atomic E-state index is 5.52. The van der Waals surface area contributed by atoms with Crippen LogP contribution in [-0.4, -0.2) is 25.2 Å². The van der Waals surface area contributed by atoms with E-state index in [4.69, 9.17) is 4.74 Å². The van der Waals surface area contributed by atoms with Gasteiger partial charge in [0.15, 0.2) is 0 Å². The minimum atomic E-state index is 0.441. The summed E-state index contributed by atoms with van der Waals surface area (Å²) < 4.78 is 5.52. The predicted molar refractivity (Wildman–Crippen MR) is 79.5 cm³/mol. The Hall–Kier alpha value is -0.670. The van der Waals surface area contributed by atoms with E-state index in [1.54, 1.807) is 7.11 Å². The van der Waals surface area contributed by atoms with E-state index in [-0.39, 0.29) is 0 Å². The molecule has 1 aliphatic rings. The molecule has 0 aliphatic carbocycles. The van der Waals surface area contributed by atoms with Gasteiger partial charge in [-0.3, -0.25) is 0 Å². The van der Waals surface area contributed by atoms with E-state index in [1.807, 2.05) is 6.07 Å². The second-order valence-electron chi connectivity index (χ2n) is 4.80. The standard InChI is InChI=1S/C15H23NOS/c1-3-9-16-15(12-8-10-18-11-12)13-6-4-5-7-14(13)17-2/h4-7,12,15-16H,3,8-11H2,1-2H3. The van der Waals surface area contributed by atoms with Crippen LogP contribution < -0.4 is 10.1 Å². The van der Waals surface area contributed by atoms with Gasteiger partial charge in [0.2, 0.25) is 0 Å². The van der Waals surface area contributed by atoms with Crippen LogP contribution in [0.15, 0.2) is 24.3 Å². The van der Waals surface area contributed by atoms with E-state index >= 15 is 0 Å². The first-order chi connectivity index (χ1) is 8.86. The van der Waals surface area contributed by atoms with Crippen LogP contribution in [-0.2, 0) is 0 Å². The Bertz CT molecular complexity index is 363. The summed E-state index contributed by atoms with van der Waals surface area (Å²) in [6, 6.07) is 8.87. The van der Waals surface area contributed by atoms with E-state index in [9.17, 15) is 0 Å². The molecule has 1 aromatic rings. The van der Waals surface area contributed by atoms with Crippen molar-refractivity contribution in [3.8, 4) is 5.75 Å². The molecule has 2 atom stereocenters. The number of hydrogen-bond donors (Lipinski definition) is 1. The number of rotatable bonds is 6. The van der Waals surface area contributed by atoms with Gasteiger partial charge < -0.3 is 10.1 Å². The smallest absolute Gasteiger partial charge is 0.123 e. The molecule has 1 N–H and O–H groups in total. The Kier molecular flexibility index (Phi) is 5.39. The van der Waals surface area contributed by atoms with Gasteiger partial charge in [-0.1, -0.05) is 25.1 Å². The predicted octanol–water partition coefficient (Wildman–Crippen LogP) is 3.49. The van der Waals surface area contributed by atoms with Gasteiger partial charge in [0.05, 0.1) is 7.11 Å². The lowest BCUT2D eigenvalue weighted by Gasteiger charge is -2.26. The molecule has 0 amide bonds. The lowest BCUT2D eigenvalue weighted by molar-refractivity contribution is 0.361. The summed E-state index contributed by atoms with van der Waals surface area (Å²) in [5.41, 5.74) is 1.32. The van der Waals surface area contributed by atoms with Gasteiger partial charge in [-0.25, -0.2) is 0 Å². The van der Waals surface area contributed by atoms with Crippen molar-refractivity contribution in [2.75, 3.05) is 25.2 Å². The van der Waals surface area contributed by atoms with Gasteiger partial charge in [0.1, 0.15) is 5.75 Å². The molecule has 2 unspecified atom stereocenters. The monoisotopic (exact) mass is 265 g/mol. The van der Waals surface area contributed by atoms with Gasteiger partial charge in [-0.2, -0.15) is 11.8 Å². The highest BCUT2D eigenvalue weighted by Crippen LogP contribution is 2.37. The maximum Gasteiger partial charge on any atom is 0.123 e. The largest absolute Gasteiger partial charge is 0.496 e. The third kappa shape index (κ3) is 3.21. The van der Waals surface area contributed by atoms with Crippen LogP contribution in [0.25, 0.3) is 0 Å². The summed E-state index contributed by atoms with van der Waals surface area (Å²) >= 11 is 2.07. The Labute approximate surface area is 114 Å². The fraction of sp³-hybridized carbons (Fsp3) is 0.600. The van der Waals surface area contributed by atoms with E-state index in [0.29, 0.717) is 6.04 Å². The fourth-order valence-electron chi connectivity index (χ4n) is 2.57. The summed E-state index contributed by atoms with van der Waals surface area (Å²) in [6.45, 7) is 3.29. The summed E-state index contributed by atoms with van der Waals surface area (Å²) in [7, 11) is 1.76. The molecular formula is C15H23NOS. The summed E-state index contributed by atoms with van der Waals surface area (Å²) in [5, 5.41) is 3.71. The number of methoxy groups -OCH3 is 1. The molecular weight excluding hydrogens is 242 g/mol. The van der Waals surface area contributed by atoms with Crippen molar-refractivity contribution in [2.24, 2.45) is 5.92 Å². The van der Waals surface area contributed by atoms with E-state index in [0.717, 1.165) is 18.2 Å². The van der Waals surface area contributed by atoms with Crippen molar-refractivity contribution in [3.05, 3.63) is 29.8 Å². The minimum absolute atomic E-state index is 0.441. The summed E-state index contributed by atoms with van der Waals surface area (Å²) in [6.07, 6.45) is 2.48. The van der Waals surface area contributed by atoms with Crippen LogP contribution in [0.2, 0.25) is 0 Å². The zero-order valence-electron chi connectivity index (χ0n) is 11.3. The number of thioether (sulfide) groups is 1. The lowest BCUT2D eigenvalue weighted by atomic mass is 9.91. The average Bonchev–Trinajstić information content (AvgIpc) is 2.94. The number of hydrogen-bond acceptors (Lipinski definition) is 3. The summed E-state index contributed by atoms with van der Waals surface area (Å²) in [4.78, 5) is 0. The molecule has 0 radical (unpaired) electrons. The Morgan fingerprint density at radius 3 is 2.94 bits per heavy atom. The lowest BCUT2D eigenvalue weighted by Crippen LogP contribution is -2.29. The van der Waals surface area contributed by atoms with Crippen molar-refractivity contribution < 1.29 is 4.74 Å². The molecule has 0 aromatic heterocycles. The minimum Gasteiger partial charge on any atom is -0.496 e. The quantitative estimate of drug-likeness (QED) is 0.851. The van der Waals surface area contributed by atoms with Crippen LogP contribution in [0.4, 0.5) is 0 Å². The van der Waals surface area contributed by atoms with Crippen LogP contribution in [0.1, 0.15) is 31.4 Å². The molecule has 1 fully saturated rings. The molecule has 1 saturated heterocycles. The van der Waals surface area contributed by atoms with Crippen molar-refractivity contribution in [3.63, 3.8) is 0 Å². The molecule has 1 aromatic carbocycles. The molecule has 0 bridgehead atoms. The maximum atomic E-state index is 5.52. The van der Waals surface area contributed by atoms with Crippen molar-refractivity contribution in [1.82, 2.24) is 5.32 Å². The molecule has 1 heterocycles. The van der Waals surface area contributed by atoms with Gasteiger partial charge in [-0.15, -0.1) is 0 Å². The molecule has 1 aliphatic heterocycles. The van der Waals surface area contributed by atoms with Gasteiger partial charge in [0.25, 0.3) is 0 Å². The van der Waals surface area contributed by atoms with Gasteiger partial charge >= 0.3 is 0 Å². The molecule has 2 rings (SSSR count). The third-order valence-electron chi connectivity index (χ3n) is 3.52. The van der Waals surface area contributed by atoms with Crippen LogP contribution in [0.3, 0.4) is 0 Å². The van der Waals surface area contributed by atoms with E-state index < -0.39 is 0 Å². The topological polar surface area (TPSA) is 21.3 Å². The second-order valence-corrected chi connectivity index (χ2v) is 5.95. The highest BCUT2D eigenvalue weighted by atomic mass is 32.2. The first kappa shape index (κ1) is 13.8. The number of para-hydroxylation sites is 1. The molecule has 0 spiro atoms. The first-order valence-electron chi connectivity index (χ1n) is 6.80. The summed E-state index contributed by atoms with van der Waals surface area (Å²) in [5.74, 6) is 4.31. The first-order valence-corrected chi connectivity index (χ1v) is 7.96. The number of ether oxygens (including phenoxy) is 1. The Morgan fingerprint density at radius 1 is 1.44 bits per heavy atom. The number of nitrogens with one attached hydrogen (secondary N) is 1. The fourth-order valence-corrected chi connectivity index (χ4v) is 3.87. The van der Waals surface area contributed by atoms with Crippen LogP contribution in [0.5, 0.6) is 5.75 Å². The molecule has 2 nitrogen and oxygen atoms in total. The highest BCUT2D eigenvalue weighted by molar-refractivity contribution is 7.99. The average molecular weight is 265 g/mol. The third-order valence-corrected chi connectivity index (χ3v) is 4.71. The van der Waals surface area contributed by atoms with Crippen molar-refractivity contribution in [1.29, 1.82) is 0 Å². The Morgan fingerprint density at radius 2 is 2.28 bits per heavy atom. The van der Waals surface area contributed by atoms with Crippen molar-refractivity contribution >= 4 is 11.8 Å². The normalized spacial score (nSPS) is 20.9. The second kappa shape index (κ2) is 7.05. The molecule has 3 heteroatoms. The Balaban J connectivity index is 2.20. The molecule has 18 heavy (non-hydrogen) atoms. The molecule has 0 saturated carbocycles. The zero-order valence-corrected chi connectivity index (χ0v) is 12.1. The molecule has 100 valence electrons. The highest BCUT2D eigenvalue weighted by Gasteiger charge is 2.28.